The Labute approximate surface area is 148 Å². The summed E-state index contributed by atoms with van der Waals surface area (Å²) in [5.41, 5.74) is 3.01. The predicted octanol–water partition coefficient (Wildman–Crippen LogP) is 5.07. The average molecular weight is 345 g/mol. The SMILES string of the molecule is CC(NC(=O)CCc1ccc(C(C)(C)C)cc1)c1ccc(F)c(F)c1. The third kappa shape index (κ3) is 5.38. The first-order valence-electron chi connectivity index (χ1n) is 8.50. The van der Waals surface area contributed by atoms with Crippen molar-refractivity contribution in [2.75, 3.05) is 0 Å². The molecule has 0 spiro atoms. The molecular formula is C21H25F2NO. The van der Waals surface area contributed by atoms with Crippen LogP contribution in [0.4, 0.5) is 8.78 Å². The van der Waals surface area contributed by atoms with Crippen LogP contribution in [0.1, 0.15) is 56.8 Å². The smallest absolute Gasteiger partial charge is 0.220 e. The highest BCUT2D eigenvalue weighted by Gasteiger charge is 2.14. The monoisotopic (exact) mass is 345 g/mol. The first-order valence-corrected chi connectivity index (χ1v) is 8.50. The standard InChI is InChI=1S/C21H25F2NO/c1-14(16-8-11-18(22)19(23)13-16)24-20(25)12-7-15-5-9-17(10-6-15)21(2,3)4/h5-6,8-11,13-14H,7,12H2,1-4H3,(H,24,25). The van der Waals surface area contributed by atoms with Crippen molar-refractivity contribution >= 4 is 5.91 Å². The lowest BCUT2D eigenvalue weighted by molar-refractivity contribution is -0.121. The van der Waals surface area contributed by atoms with Crippen LogP contribution in [0.2, 0.25) is 0 Å². The second kappa shape index (κ2) is 7.77. The van der Waals surface area contributed by atoms with Gasteiger partial charge < -0.3 is 5.32 Å². The summed E-state index contributed by atoms with van der Waals surface area (Å²) in [4.78, 5) is 12.1. The molecule has 0 aliphatic carbocycles. The number of hydrogen-bond donors (Lipinski definition) is 1. The first kappa shape index (κ1) is 19.1. The van der Waals surface area contributed by atoms with Gasteiger partial charge in [-0.15, -0.1) is 0 Å². The minimum Gasteiger partial charge on any atom is -0.350 e. The van der Waals surface area contributed by atoms with E-state index in [-0.39, 0.29) is 17.4 Å². The highest BCUT2D eigenvalue weighted by atomic mass is 19.2. The van der Waals surface area contributed by atoms with Crippen LogP contribution in [0.25, 0.3) is 0 Å². The predicted molar refractivity (Wildman–Crippen MR) is 96.4 cm³/mol. The number of rotatable bonds is 5. The van der Waals surface area contributed by atoms with E-state index in [9.17, 15) is 13.6 Å². The molecule has 0 heterocycles. The molecule has 1 unspecified atom stereocenters. The molecule has 0 aliphatic rings. The van der Waals surface area contributed by atoms with Crippen LogP contribution >= 0.6 is 0 Å². The molecule has 0 aliphatic heterocycles. The van der Waals surface area contributed by atoms with Gasteiger partial charge in [-0.2, -0.15) is 0 Å². The second-order valence-corrected chi connectivity index (χ2v) is 7.41. The molecule has 25 heavy (non-hydrogen) atoms. The van der Waals surface area contributed by atoms with Gasteiger partial charge in [-0.05, 0) is 47.6 Å². The van der Waals surface area contributed by atoms with Crippen molar-refractivity contribution in [1.29, 1.82) is 0 Å². The summed E-state index contributed by atoms with van der Waals surface area (Å²) in [6, 6.07) is 11.6. The summed E-state index contributed by atoms with van der Waals surface area (Å²) in [5.74, 6) is -1.91. The highest BCUT2D eigenvalue weighted by Crippen LogP contribution is 2.22. The number of nitrogens with one attached hydrogen (secondary N) is 1. The van der Waals surface area contributed by atoms with Crippen LogP contribution in [0.5, 0.6) is 0 Å². The Morgan fingerprint density at radius 2 is 1.68 bits per heavy atom. The summed E-state index contributed by atoms with van der Waals surface area (Å²) >= 11 is 0. The molecule has 1 N–H and O–H groups in total. The Hall–Kier alpha value is -2.23. The van der Waals surface area contributed by atoms with Gasteiger partial charge in [0.25, 0.3) is 0 Å². The highest BCUT2D eigenvalue weighted by molar-refractivity contribution is 5.76. The Morgan fingerprint density at radius 1 is 1.04 bits per heavy atom. The third-order valence-corrected chi connectivity index (χ3v) is 4.28. The maximum absolute atomic E-state index is 13.3. The van der Waals surface area contributed by atoms with Gasteiger partial charge in [-0.1, -0.05) is 51.1 Å². The fraction of sp³-hybridized carbons (Fsp3) is 0.381. The van der Waals surface area contributed by atoms with Crippen LogP contribution < -0.4 is 5.32 Å². The van der Waals surface area contributed by atoms with Crippen molar-refractivity contribution in [2.24, 2.45) is 0 Å². The Kier molecular flexibility index (Phi) is 5.93. The van der Waals surface area contributed by atoms with Gasteiger partial charge in [-0.3, -0.25) is 4.79 Å². The van der Waals surface area contributed by atoms with Gasteiger partial charge in [0.05, 0.1) is 6.04 Å². The summed E-state index contributed by atoms with van der Waals surface area (Å²) < 4.78 is 26.2. The summed E-state index contributed by atoms with van der Waals surface area (Å²) in [7, 11) is 0. The van der Waals surface area contributed by atoms with E-state index in [0.717, 1.165) is 17.7 Å². The zero-order chi connectivity index (χ0) is 18.6. The molecule has 1 atom stereocenters. The molecule has 0 aromatic heterocycles. The first-order chi connectivity index (χ1) is 11.7. The molecule has 2 rings (SSSR count). The molecule has 0 bridgehead atoms. The summed E-state index contributed by atoms with van der Waals surface area (Å²) in [6.45, 7) is 8.24. The largest absolute Gasteiger partial charge is 0.350 e. The van der Waals surface area contributed by atoms with Crippen molar-refractivity contribution in [3.63, 3.8) is 0 Å². The maximum atomic E-state index is 13.3. The van der Waals surface area contributed by atoms with Gasteiger partial charge in [0.1, 0.15) is 0 Å². The van der Waals surface area contributed by atoms with Gasteiger partial charge in [0, 0.05) is 6.42 Å². The maximum Gasteiger partial charge on any atom is 0.220 e. The van der Waals surface area contributed by atoms with Crippen LogP contribution in [-0.4, -0.2) is 5.91 Å². The van der Waals surface area contributed by atoms with E-state index >= 15 is 0 Å². The second-order valence-electron chi connectivity index (χ2n) is 7.41. The molecule has 4 heteroatoms. The number of hydrogen-bond acceptors (Lipinski definition) is 1. The van der Waals surface area contributed by atoms with Gasteiger partial charge >= 0.3 is 0 Å². The molecule has 134 valence electrons. The minimum atomic E-state index is -0.905. The van der Waals surface area contributed by atoms with E-state index in [1.54, 1.807) is 6.92 Å². The molecular weight excluding hydrogens is 320 g/mol. The van der Waals surface area contributed by atoms with E-state index in [1.165, 1.54) is 11.6 Å². The van der Waals surface area contributed by atoms with E-state index in [0.29, 0.717) is 18.4 Å². The third-order valence-electron chi connectivity index (χ3n) is 4.28. The van der Waals surface area contributed by atoms with E-state index in [2.05, 4.69) is 38.2 Å². The minimum absolute atomic E-state index is 0.107. The van der Waals surface area contributed by atoms with Crippen molar-refractivity contribution in [3.8, 4) is 0 Å². The number of carbonyl (C=O) groups excluding carboxylic acids is 1. The van der Waals surface area contributed by atoms with Crippen LogP contribution in [0.15, 0.2) is 42.5 Å². The number of carbonyl (C=O) groups is 1. The fourth-order valence-electron chi connectivity index (χ4n) is 2.61. The normalized spacial score (nSPS) is 12.7. The lowest BCUT2D eigenvalue weighted by Gasteiger charge is -2.19. The summed E-state index contributed by atoms with van der Waals surface area (Å²) in [5, 5.41) is 2.82. The molecule has 2 aromatic carbocycles. The zero-order valence-corrected chi connectivity index (χ0v) is 15.2. The molecule has 0 saturated heterocycles. The Morgan fingerprint density at radius 3 is 2.24 bits per heavy atom. The van der Waals surface area contributed by atoms with E-state index in [4.69, 9.17) is 0 Å². The number of halogens is 2. The molecule has 2 nitrogen and oxygen atoms in total. The van der Waals surface area contributed by atoms with Crippen LogP contribution in [-0.2, 0) is 16.6 Å². The van der Waals surface area contributed by atoms with Gasteiger partial charge in [-0.25, -0.2) is 8.78 Å². The van der Waals surface area contributed by atoms with Gasteiger partial charge in [0.2, 0.25) is 5.91 Å². The van der Waals surface area contributed by atoms with Crippen LogP contribution in [0, 0.1) is 11.6 Å². The van der Waals surface area contributed by atoms with Crippen molar-refractivity contribution in [3.05, 3.63) is 70.8 Å². The van der Waals surface area contributed by atoms with E-state index < -0.39 is 11.6 Å². The molecule has 1 amide bonds. The molecule has 0 fully saturated rings. The lowest BCUT2D eigenvalue weighted by Crippen LogP contribution is -2.27. The molecule has 2 aromatic rings. The van der Waals surface area contributed by atoms with Crippen molar-refractivity contribution in [1.82, 2.24) is 5.32 Å². The topological polar surface area (TPSA) is 29.1 Å². The fourth-order valence-corrected chi connectivity index (χ4v) is 2.61. The Bertz CT molecular complexity index is 733. The van der Waals surface area contributed by atoms with E-state index in [1.807, 2.05) is 12.1 Å². The molecule has 0 radical (unpaired) electrons. The van der Waals surface area contributed by atoms with Crippen molar-refractivity contribution in [2.45, 2.75) is 52.0 Å². The molecule has 0 saturated carbocycles. The number of benzene rings is 2. The van der Waals surface area contributed by atoms with Crippen molar-refractivity contribution < 1.29 is 13.6 Å². The lowest BCUT2D eigenvalue weighted by atomic mass is 9.86. The number of amides is 1. The van der Waals surface area contributed by atoms with Crippen LogP contribution in [0.3, 0.4) is 0 Å². The average Bonchev–Trinajstić information content (AvgIpc) is 2.55. The Balaban J connectivity index is 1.88. The zero-order valence-electron chi connectivity index (χ0n) is 15.2. The summed E-state index contributed by atoms with van der Waals surface area (Å²) in [6.07, 6.45) is 0.990. The number of aryl methyl sites for hydroxylation is 1. The quantitative estimate of drug-likeness (QED) is 0.805. The van der Waals surface area contributed by atoms with Gasteiger partial charge in [0.15, 0.2) is 11.6 Å².